The fourth-order valence-corrected chi connectivity index (χ4v) is 3.44. The molecule has 2 aliphatic carbocycles. The number of halogens is 2. The number of fused-ring (bicyclic) bond motifs is 1. The van der Waals surface area contributed by atoms with Crippen LogP contribution in [0.15, 0.2) is 17.1 Å². The zero-order valence-corrected chi connectivity index (χ0v) is 14.6. The van der Waals surface area contributed by atoms with Gasteiger partial charge in [-0.2, -0.15) is 0 Å². The summed E-state index contributed by atoms with van der Waals surface area (Å²) in [6.07, 6.45) is 2.38. The van der Waals surface area contributed by atoms with E-state index in [1.807, 2.05) is 0 Å². The lowest BCUT2D eigenvalue weighted by atomic mass is 9.92. The molecule has 0 unspecified atom stereocenters. The van der Waals surface area contributed by atoms with E-state index in [1.165, 1.54) is 19.4 Å². The Bertz CT molecular complexity index is 974. The number of carbonyl (C=O) groups excluding carboxylic acids is 1. The Kier molecular flexibility index (Phi) is 3.61. The molecule has 1 heterocycles. The van der Waals surface area contributed by atoms with Crippen LogP contribution in [-0.2, 0) is 16.1 Å². The van der Waals surface area contributed by atoms with E-state index in [9.17, 15) is 14.0 Å². The van der Waals surface area contributed by atoms with Gasteiger partial charge in [0, 0.05) is 11.8 Å². The molecule has 2 saturated carbocycles. The second kappa shape index (κ2) is 5.53. The van der Waals surface area contributed by atoms with Gasteiger partial charge in [-0.25, -0.2) is 13.6 Å². The molecule has 2 aliphatic rings. The Hall–Kier alpha value is -2.44. The minimum absolute atomic E-state index is 0.0966. The number of carbonyl (C=O) groups is 1. The number of methoxy groups -OCH3 is 1. The predicted molar refractivity (Wildman–Crippen MR) is 91.1 cm³/mol. The smallest absolute Gasteiger partial charge is 0.343 e. The first-order valence-corrected chi connectivity index (χ1v) is 8.67. The van der Waals surface area contributed by atoms with Crippen molar-refractivity contribution in [1.82, 2.24) is 4.98 Å². The van der Waals surface area contributed by atoms with E-state index in [0.29, 0.717) is 12.8 Å². The zero-order valence-electron chi connectivity index (χ0n) is 14.6. The second-order valence-corrected chi connectivity index (χ2v) is 6.94. The molecule has 0 spiro atoms. The van der Waals surface area contributed by atoms with Crippen LogP contribution in [0.25, 0.3) is 10.9 Å². The highest BCUT2D eigenvalue weighted by Gasteiger charge is 2.55. The van der Waals surface area contributed by atoms with Gasteiger partial charge in [-0.3, -0.25) is 4.79 Å². The molecule has 4 rings (SSSR count). The molecule has 0 amide bonds. The van der Waals surface area contributed by atoms with Crippen LogP contribution in [0.1, 0.15) is 54.1 Å². The van der Waals surface area contributed by atoms with E-state index in [4.69, 9.17) is 9.47 Å². The summed E-state index contributed by atoms with van der Waals surface area (Å²) in [5.74, 6) is -0.625. The molecule has 7 heteroatoms. The molecule has 138 valence electrons. The maximum atomic E-state index is 15.0. The Morgan fingerprint density at radius 3 is 2.42 bits per heavy atom. The number of alkyl halides is 2. The first-order chi connectivity index (χ1) is 12.3. The predicted octanol–water partition coefficient (Wildman–Crippen LogP) is 3.63. The quantitative estimate of drug-likeness (QED) is 0.824. The van der Waals surface area contributed by atoms with Crippen molar-refractivity contribution in [3.05, 3.63) is 39.2 Å². The third-order valence-electron chi connectivity index (χ3n) is 5.14. The van der Waals surface area contributed by atoms with Crippen LogP contribution < -0.4 is 10.2 Å². The lowest BCUT2D eigenvalue weighted by Crippen LogP contribution is -2.20. The Morgan fingerprint density at radius 2 is 1.88 bits per heavy atom. The van der Waals surface area contributed by atoms with E-state index in [-0.39, 0.29) is 52.8 Å². The topological polar surface area (TPSA) is 68.4 Å². The lowest BCUT2D eigenvalue weighted by Gasteiger charge is -2.21. The average Bonchev–Trinajstić information content (AvgIpc) is 3.53. The summed E-state index contributed by atoms with van der Waals surface area (Å²) in [6.45, 7) is 1.76. The Morgan fingerprint density at radius 1 is 1.23 bits per heavy atom. The van der Waals surface area contributed by atoms with Crippen LogP contribution >= 0.6 is 0 Å². The highest BCUT2D eigenvalue weighted by molar-refractivity contribution is 5.96. The van der Waals surface area contributed by atoms with Gasteiger partial charge < -0.3 is 14.5 Å². The summed E-state index contributed by atoms with van der Waals surface area (Å²) >= 11 is 0. The number of nitrogens with one attached hydrogen (secondary N) is 1. The van der Waals surface area contributed by atoms with Crippen LogP contribution in [0.5, 0.6) is 5.75 Å². The van der Waals surface area contributed by atoms with E-state index < -0.39 is 22.7 Å². The molecule has 2 aromatic rings. The minimum atomic E-state index is -1.65. The molecule has 1 aromatic carbocycles. The summed E-state index contributed by atoms with van der Waals surface area (Å²) < 4.78 is 40.3. The molecule has 0 aliphatic heterocycles. The van der Waals surface area contributed by atoms with Crippen LogP contribution in [0.2, 0.25) is 0 Å². The summed E-state index contributed by atoms with van der Waals surface area (Å²) in [6, 6.07) is 1.38. The number of aromatic amines is 1. The van der Waals surface area contributed by atoms with Gasteiger partial charge in [0.25, 0.3) is 0 Å². The van der Waals surface area contributed by atoms with Crippen LogP contribution in [0.3, 0.4) is 0 Å². The third-order valence-corrected chi connectivity index (χ3v) is 5.14. The first-order valence-electron chi connectivity index (χ1n) is 8.67. The molecule has 1 N–H and O–H groups in total. The van der Waals surface area contributed by atoms with E-state index >= 15 is 4.39 Å². The van der Waals surface area contributed by atoms with Crippen molar-refractivity contribution in [1.29, 1.82) is 0 Å². The number of rotatable bonds is 5. The Balaban J connectivity index is 2.03. The first kappa shape index (κ1) is 17.0. The van der Waals surface area contributed by atoms with Crippen LogP contribution in [0.4, 0.5) is 8.78 Å². The van der Waals surface area contributed by atoms with Gasteiger partial charge in [-0.05, 0) is 44.2 Å². The molecule has 0 radical (unpaired) electrons. The fourth-order valence-electron chi connectivity index (χ4n) is 3.44. The van der Waals surface area contributed by atoms with Crippen molar-refractivity contribution in [2.45, 2.75) is 43.9 Å². The number of aromatic nitrogens is 1. The number of H-pyrrole nitrogens is 1. The number of hydrogen-bond acceptors (Lipinski definition) is 4. The van der Waals surface area contributed by atoms with Crippen molar-refractivity contribution in [2.24, 2.45) is 0 Å². The Labute approximate surface area is 148 Å². The second-order valence-electron chi connectivity index (χ2n) is 6.94. The van der Waals surface area contributed by atoms with Crippen molar-refractivity contribution in [3.63, 3.8) is 0 Å². The monoisotopic (exact) mass is 363 g/mol. The third kappa shape index (κ3) is 2.40. The van der Waals surface area contributed by atoms with Crippen molar-refractivity contribution in [2.75, 3.05) is 13.7 Å². The highest BCUT2D eigenvalue weighted by Crippen LogP contribution is 2.61. The minimum Gasteiger partial charge on any atom is -0.494 e. The zero-order chi connectivity index (χ0) is 18.7. The highest BCUT2D eigenvalue weighted by atomic mass is 19.1. The summed E-state index contributed by atoms with van der Waals surface area (Å²) in [4.78, 5) is 27.6. The molecular formula is C19H19F2NO4. The maximum Gasteiger partial charge on any atom is 0.343 e. The lowest BCUT2D eigenvalue weighted by molar-refractivity contribution is 0.0524. The fraction of sp³-hybridized carbons (Fsp3) is 0.474. The summed E-state index contributed by atoms with van der Waals surface area (Å²) in [5, 5.41) is 0.0966. The number of hydrogen-bond donors (Lipinski definition) is 1. The summed E-state index contributed by atoms with van der Waals surface area (Å²) in [5.41, 5.74) is -3.43. The van der Waals surface area contributed by atoms with Gasteiger partial charge in [0.05, 0.1) is 24.6 Å². The molecule has 2 fully saturated rings. The SMILES string of the molecule is CCOC(=O)c1c[nH]c2c(OC)c(C3(F)CC3)c(C3(F)CC3)cc2c1=O. The molecule has 0 bridgehead atoms. The van der Waals surface area contributed by atoms with Gasteiger partial charge >= 0.3 is 5.97 Å². The normalized spacial score (nSPS) is 19.2. The van der Waals surface area contributed by atoms with Gasteiger partial charge in [0.15, 0.2) is 0 Å². The van der Waals surface area contributed by atoms with Gasteiger partial charge in [0.2, 0.25) is 5.43 Å². The van der Waals surface area contributed by atoms with Gasteiger partial charge in [-0.15, -0.1) is 0 Å². The molecular weight excluding hydrogens is 344 g/mol. The number of ether oxygens (including phenoxy) is 2. The van der Waals surface area contributed by atoms with Crippen LogP contribution in [0, 0.1) is 0 Å². The van der Waals surface area contributed by atoms with E-state index in [2.05, 4.69) is 4.98 Å². The van der Waals surface area contributed by atoms with Crippen molar-refractivity contribution in [3.8, 4) is 5.75 Å². The number of benzene rings is 1. The molecule has 5 nitrogen and oxygen atoms in total. The van der Waals surface area contributed by atoms with Crippen molar-refractivity contribution < 1.29 is 23.0 Å². The van der Waals surface area contributed by atoms with E-state index in [0.717, 1.165) is 0 Å². The van der Waals surface area contributed by atoms with E-state index in [1.54, 1.807) is 6.92 Å². The average molecular weight is 363 g/mol. The molecule has 0 atom stereocenters. The number of pyridine rings is 1. The maximum absolute atomic E-state index is 15.0. The largest absolute Gasteiger partial charge is 0.494 e. The number of esters is 1. The van der Waals surface area contributed by atoms with Gasteiger partial charge in [-0.1, -0.05) is 0 Å². The standard InChI is InChI=1S/C19H19F2NO4/c1-3-26-17(24)11-9-22-14-10(15(11)23)8-12(18(20)4-5-18)13(16(14)25-2)19(21)6-7-19/h8-9H,3-7H2,1-2H3,(H,22,23). The molecule has 0 saturated heterocycles. The van der Waals surface area contributed by atoms with Crippen LogP contribution in [-0.4, -0.2) is 24.7 Å². The molecule has 26 heavy (non-hydrogen) atoms. The van der Waals surface area contributed by atoms with Crippen molar-refractivity contribution >= 4 is 16.9 Å². The van der Waals surface area contributed by atoms with Gasteiger partial charge in [0.1, 0.15) is 22.7 Å². The molecule has 1 aromatic heterocycles. The summed E-state index contributed by atoms with van der Waals surface area (Å²) in [7, 11) is 1.36.